The van der Waals surface area contributed by atoms with Gasteiger partial charge in [0.2, 0.25) is 0 Å². The number of piperazine rings is 1. The minimum atomic E-state index is 0.113. The molecule has 6 heteroatoms. The van der Waals surface area contributed by atoms with Gasteiger partial charge in [0.1, 0.15) is 0 Å². The lowest BCUT2D eigenvalue weighted by atomic mass is 10.1. The van der Waals surface area contributed by atoms with Gasteiger partial charge < -0.3 is 14.7 Å². The van der Waals surface area contributed by atoms with E-state index < -0.39 is 0 Å². The van der Waals surface area contributed by atoms with Crippen molar-refractivity contribution in [2.24, 2.45) is 0 Å². The van der Waals surface area contributed by atoms with E-state index in [1.54, 1.807) is 11.3 Å². The maximum Gasteiger partial charge on any atom is 0.253 e. The van der Waals surface area contributed by atoms with Crippen LogP contribution in [0, 0.1) is 0 Å². The number of carbonyl (C=O) groups is 1. The number of carbonyl (C=O) groups excluding carboxylic acids is 1. The first-order valence-electron chi connectivity index (χ1n) is 9.77. The number of benzene rings is 2. The summed E-state index contributed by atoms with van der Waals surface area (Å²) in [6.07, 6.45) is 0.995. The third kappa shape index (κ3) is 3.56. The molecule has 0 saturated carbocycles. The van der Waals surface area contributed by atoms with Crippen molar-refractivity contribution >= 4 is 38.3 Å². The fraction of sp³-hybridized carbons (Fsp3) is 0.364. The summed E-state index contributed by atoms with van der Waals surface area (Å²) in [6.45, 7) is 5.27. The minimum Gasteiger partial charge on any atom is -0.378 e. The first-order valence-corrected chi connectivity index (χ1v) is 10.6. The number of aromatic nitrogens is 1. The Labute approximate surface area is 170 Å². The van der Waals surface area contributed by atoms with Crippen LogP contribution in [0.2, 0.25) is 0 Å². The number of anilines is 2. The molecule has 5 nitrogen and oxygen atoms in total. The normalized spacial score (nSPS) is 14.5. The van der Waals surface area contributed by atoms with Crippen LogP contribution in [0.15, 0.2) is 42.5 Å². The zero-order valence-electron chi connectivity index (χ0n) is 16.7. The molecular weight excluding hydrogens is 368 g/mol. The van der Waals surface area contributed by atoms with Crippen molar-refractivity contribution in [3.63, 3.8) is 0 Å². The average Bonchev–Trinajstić information content (AvgIpc) is 3.18. The van der Waals surface area contributed by atoms with Gasteiger partial charge in [-0.25, -0.2) is 4.98 Å². The Morgan fingerprint density at radius 1 is 1.07 bits per heavy atom. The monoisotopic (exact) mass is 394 g/mol. The molecular formula is C22H26N4OS. The minimum absolute atomic E-state index is 0.113. The molecule has 28 heavy (non-hydrogen) atoms. The van der Waals surface area contributed by atoms with Crippen LogP contribution in [0.25, 0.3) is 10.2 Å². The lowest BCUT2D eigenvalue weighted by Crippen LogP contribution is -2.48. The highest BCUT2D eigenvalue weighted by Gasteiger charge is 2.24. The van der Waals surface area contributed by atoms with Gasteiger partial charge in [0.25, 0.3) is 5.91 Å². The maximum absolute atomic E-state index is 12.8. The lowest BCUT2D eigenvalue weighted by Gasteiger charge is -2.34. The highest BCUT2D eigenvalue weighted by Crippen LogP contribution is 2.31. The van der Waals surface area contributed by atoms with E-state index in [0.717, 1.165) is 54.5 Å². The number of thiazole rings is 1. The van der Waals surface area contributed by atoms with E-state index in [1.165, 1.54) is 10.3 Å². The number of para-hydroxylation sites is 1. The summed E-state index contributed by atoms with van der Waals surface area (Å²) in [6, 6.07) is 14.2. The zero-order chi connectivity index (χ0) is 19.7. The Morgan fingerprint density at radius 2 is 1.79 bits per heavy atom. The van der Waals surface area contributed by atoms with E-state index in [-0.39, 0.29) is 5.91 Å². The Hall–Kier alpha value is -2.60. The summed E-state index contributed by atoms with van der Waals surface area (Å²) in [4.78, 5) is 24.0. The predicted octanol–water partition coefficient (Wildman–Crippen LogP) is 3.89. The fourth-order valence-electron chi connectivity index (χ4n) is 3.60. The number of aryl methyl sites for hydroxylation is 1. The third-order valence-electron chi connectivity index (χ3n) is 5.34. The molecule has 1 aromatic heterocycles. The van der Waals surface area contributed by atoms with Crippen molar-refractivity contribution in [3.8, 4) is 0 Å². The topological polar surface area (TPSA) is 39.7 Å². The van der Waals surface area contributed by atoms with Crippen molar-refractivity contribution in [2.45, 2.75) is 13.3 Å². The molecule has 1 aliphatic rings. The highest BCUT2D eigenvalue weighted by atomic mass is 32.1. The molecule has 0 atom stereocenters. The molecule has 2 aromatic carbocycles. The van der Waals surface area contributed by atoms with Crippen molar-refractivity contribution in [1.29, 1.82) is 0 Å². The number of nitrogens with zero attached hydrogens (tertiary/aromatic N) is 4. The van der Waals surface area contributed by atoms with Gasteiger partial charge in [-0.1, -0.05) is 30.4 Å². The standard InChI is InChI=1S/C22H26N4OS/c1-4-16-6-5-7-19-20(16)23-22(28-19)26-14-12-25(13-15-26)21(27)17-8-10-18(11-9-17)24(2)3/h5-11H,4,12-15H2,1-3H3. The molecule has 3 aromatic rings. The second-order valence-electron chi connectivity index (χ2n) is 7.33. The predicted molar refractivity (Wildman–Crippen MR) is 118 cm³/mol. The quantitative estimate of drug-likeness (QED) is 0.673. The summed E-state index contributed by atoms with van der Waals surface area (Å²) in [5.74, 6) is 0.113. The molecule has 0 unspecified atom stereocenters. The van der Waals surface area contributed by atoms with Gasteiger partial charge in [0.05, 0.1) is 10.2 Å². The fourth-order valence-corrected chi connectivity index (χ4v) is 4.67. The van der Waals surface area contributed by atoms with E-state index in [2.05, 4.69) is 30.0 Å². The number of amides is 1. The van der Waals surface area contributed by atoms with Gasteiger partial charge in [-0.05, 0) is 42.3 Å². The highest BCUT2D eigenvalue weighted by molar-refractivity contribution is 7.22. The van der Waals surface area contributed by atoms with Crippen LogP contribution in [0.1, 0.15) is 22.8 Å². The van der Waals surface area contributed by atoms with E-state index in [9.17, 15) is 4.79 Å². The van der Waals surface area contributed by atoms with Gasteiger partial charge in [0.15, 0.2) is 5.13 Å². The third-order valence-corrected chi connectivity index (χ3v) is 6.42. The number of hydrogen-bond donors (Lipinski definition) is 0. The molecule has 1 saturated heterocycles. The molecule has 0 radical (unpaired) electrons. The maximum atomic E-state index is 12.8. The summed E-state index contributed by atoms with van der Waals surface area (Å²) >= 11 is 1.75. The van der Waals surface area contributed by atoms with E-state index in [1.807, 2.05) is 48.2 Å². The van der Waals surface area contributed by atoms with Crippen LogP contribution < -0.4 is 9.80 Å². The van der Waals surface area contributed by atoms with Crippen LogP contribution in [-0.2, 0) is 6.42 Å². The van der Waals surface area contributed by atoms with Crippen molar-refractivity contribution < 1.29 is 4.79 Å². The number of rotatable bonds is 4. The largest absolute Gasteiger partial charge is 0.378 e. The Morgan fingerprint density at radius 3 is 2.43 bits per heavy atom. The molecule has 2 heterocycles. The van der Waals surface area contributed by atoms with E-state index >= 15 is 0 Å². The molecule has 1 aliphatic heterocycles. The Bertz CT molecular complexity index is 972. The molecule has 4 rings (SSSR count). The van der Waals surface area contributed by atoms with Crippen LogP contribution in [0.3, 0.4) is 0 Å². The van der Waals surface area contributed by atoms with Crippen LogP contribution in [-0.4, -0.2) is 56.1 Å². The van der Waals surface area contributed by atoms with Crippen LogP contribution in [0.4, 0.5) is 10.8 Å². The van der Waals surface area contributed by atoms with Gasteiger partial charge >= 0.3 is 0 Å². The molecule has 1 fully saturated rings. The first-order chi connectivity index (χ1) is 13.6. The first kappa shape index (κ1) is 18.7. The summed E-state index contributed by atoms with van der Waals surface area (Å²) < 4.78 is 1.24. The summed E-state index contributed by atoms with van der Waals surface area (Å²) in [5.41, 5.74) is 4.29. The van der Waals surface area contributed by atoms with E-state index in [4.69, 9.17) is 4.98 Å². The molecule has 0 bridgehead atoms. The molecule has 146 valence electrons. The summed E-state index contributed by atoms with van der Waals surface area (Å²) in [7, 11) is 4.00. The smallest absolute Gasteiger partial charge is 0.253 e. The summed E-state index contributed by atoms with van der Waals surface area (Å²) in [5, 5.41) is 1.07. The van der Waals surface area contributed by atoms with Crippen LogP contribution >= 0.6 is 11.3 Å². The lowest BCUT2D eigenvalue weighted by molar-refractivity contribution is 0.0747. The van der Waals surface area contributed by atoms with Gasteiger partial charge in [-0.3, -0.25) is 4.79 Å². The second kappa shape index (κ2) is 7.80. The number of hydrogen-bond acceptors (Lipinski definition) is 5. The Balaban J connectivity index is 1.43. The molecule has 0 spiro atoms. The van der Waals surface area contributed by atoms with Crippen LogP contribution in [0.5, 0.6) is 0 Å². The Kier molecular flexibility index (Phi) is 5.22. The van der Waals surface area contributed by atoms with E-state index in [0.29, 0.717) is 0 Å². The zero-order valence-corrected chi connectivity index (χ0v) is 17.5. The second-order valence-corrected chi connectivity index (χ2v) is 8.34. The van der Waals surface area contributed by atoms with Crippen molar-refractivity contribution in [1.82, 2.24) is 9.88 Å². The molecule has 0 N–H and O–H groups in total. The van der Waals surface area contributed by atoms with Crippen molar-refractivity contribution in [3.05, 3.63) is 53.6 Å². The van der Waals surface area contributed by atoms with Gasteiger partial charge in [-0.15, -0.1) is 0 Å². The molecule has 1 amide bonds. The SMILES string of the molecule is CCc1cccc2sc(N3CCN(C(=O)c4ccc(N(C)C)cc4)CC3)nc12. The molecule has 0 aliphatic carbocycles. The number of fused-ring (bicyclic) bond motifs is 1. The van der Waals surface area contributed by atoms with Gasteiger partial charge in [-0.2, -0.15) is 0 Å². The average molecular weight is 395 g/mol. The van der Waals surface area contributed by atoms with Crippen molar-refractivity contribution in [2.75, 3.05) is 50.1 Å². The van der Waals surface area contributed by atoms with Gasteiger partial charge in [0, 0.05) is 51.5 Å².